The molecule has 1 aliphatic rings. The second-order valence-corrected chi connectivity index (χ2v) is 4.97. The van der Waals surface area contributed by atoms with Gasteiger partial charge in [0.15, 0.2) is 0 Å². The molecule has 0 spiro atoms. The fraction of sp³-hybridized carbons (Fsp3) is 0.333. The molecule has 1 aliphatic carbocycles. The van der Waals surface area contributed by atoms with Crippen LogP contribution in [0.1, 0.15) is 24.0 Å². The van der Waals surface area contributed by atoms with E-state index in [9.17, 15) is 0 Å². The summed E-state index contributed by atoms with van der Waals surface area (Å²) in [6.45, 7) is 0. The van der Waals surface area contributed by atoms with Gasteiger partial charge in [-0.2, -0.15) is 0 Å². The summed E-state index contributed by atoms with van der Waals surface area (Å²) in [5.41, 5.74) is 2.98. The summed E-state index contributed by atoms with van der Waals surface area (Å²) in [6, 6.07) is 8.47. The summed E-state index contributed by atoms with van der Waals surface area (Å²) < 4.78 is 5.27. The molecular formula is C15H15ClO. The van der Waals surface area contributed by atoms with E-state index in [-0.39, 0.29) is 0 Å². The van der Waals surface area contributed by atoms with Crippen LogP contribution in [0.2, 0.25) is 5.02 Å². The van der Waals surface area contributed by atoms with Crippen LogP contribution in [0.4, 0.5) is 0 Å². The Hall–Kier alpha value is -1.21. The third-order valence-electron chi connectivity index (χ3n) is 3.65. The third kappa shape index (κ3) is 1.69. The van der Waals surface area contributed by atoms with Crippen molar-refractivity contribution in [2.45, 2.75) is 25.7 Å². The second-order valence-electron chi connectivity index (χ2n) is 4.59. The van der Waals surface area contributed by atoms with E-state index in [1.54, 1.807) is 7.11 Å². The number of aryl methyl sites for hydroxylation is 2. The van der Waals surface area contributed by atoms with E-state index < -0.39 is 0 Å². The van der Waals surface area contributed by atoms with Gasteiger partial charge >= 0.3 is 0 Å². The van der Waals surface area contributed by atoms with Crippen LogP contribution < -0.4 is 4.74 Å². The summed E-state index contributed by atoms with van der Waals surface area (Å²) in [5.74, 6) is 0.759. The third-order valence-corrected chi connectivity index (χ3v) is 4.04. The lowest BCUT2D eigenvalue weighted by atomic mass is 9.88. The minimum absolute atomic E-state index is 0.735. The van der Waals surface area contributed by atoms with Crippen LogP contribution in [0.5, 0.6) is 5.75 Å². The number of methoxy groups -OCH3 is 1. The molecular weight excluding hydrogens is 232 g/mol. The van der Waals surface area contributed by atoms with Crippen LogP contribution in [0.15, 0.2) is 24.3 Å². The molecule has 0 unspecified atom stereocenters. The fourth-order valence-corrected chi connectivity index (χ4v) is 3.07. The standard InChI is InChI=1S/C15H15ClO/c1-17-14-9-8-12-11-5-3-2-4-10(11)6-7-13(12)15(14)16/h6-9H,2-5H2,1H3. The van der Waals surface area contributed by atoms with Crippen LogP contribution in [0.25, 0.3) is 10.8 Å². The summed E-state index contributed by atoms with van der Waals surface area (Å²) in [7, 11) is 1.66. The van der Waals surface area contributed by atoms with Gasteiger partial charge in [-0.25, -0.2) is 0 Å². The van der Waals surface area contributed by atoms with E-state index in [4.69, 9.17) is 16.3 Å². The molecule has 0 saturated carbocycles. The number of ether oxygens (including phenoxy) is 1. The van der Waals surface area contributed by atoms with Gasteiger partial charge < -0.3 is 4.74 Å². The van der Waals surface area contributed by atoms with E-state index in [0.29, 0.717) is 0 Å². The first kappa shape index (κ1) is 10.9. The van der Waals surface area contributed by atoms with Crippen molar-refractivity contribution in [3.05, 3.63) is 40.4 Å². The molecule has 0 N–H and O–H groups in total. The van der Waals surface area contributed by atoms with Gasteiger partial charge in [-0.05, 0) is 48.3 Å². The quantitative estimate of drug-likeness (QED) is 0.726. The zero-order valence-electron chi connectivity index (χ0n) is 9.92. The van der Waals surface area contributed by atoms with Crippen LogP contribution in [-0.4, -0.2) is 7.11 Å². The van der Waals surface area contributed by atoms with Gasteiger partial charge in [-0.15, -0.1) is 0 Å². The van der Waals surface area contributed by atoms with Crippen molar-refractivity contribution in [2.24, 2.45) is 0 Å². The molecule has 2 heteroatoms. The SMILES string of the molecule is COc1ccc2c3c(ccc2c1Cl)CCCC3. The van der Waals surface area contributed by atoms with Crippen molar-refractivity contribution >= 4 is 22.4 Å². The maximum Gasteiger partial charge on any atom is 0.138 e. The van der Waals surface area contributed by atoms with E-state index >= 15 is 0 Å². The summed E-state index contributed by atoms with van der Waals surface area (Å²) >= 11 is 6.36. The van der Waals surface area contributed by atoms with Crippen molar-refractivity contribution in [3.8, 4) is 5.75 Å². The van der Waals surface area contributed by atoms with Crippen LogP contribution in [0.3, 0.4) is 0 Å². The van der Waals surface area contributed by atoms with Crippen molar-refractivity contribution in [1.29, 1.82) is 0 Å². The van der Waals surface area contributed by atoms with Crippen molar-refractivity contribution < 1.29 is 4.74 Å². The lowest BCUT2D eigenvalue weighted by Gasteiger charge is -2.18. The molecule has 1 nitrogen and oxygen atoms in total. The number of rotatable bonds is 1. The molecule has 0 amide bonds. The van der Waals surface area contributed by atoms with Crippen LogP contribution in [0, 0.1) is 0 Å². The molecule has 88 valence electrons. The smallest absolute Gasteiger partial charge is 0.138 e. The average molecular weight is 247 g/mol. The molecule has 0 bridgehead atoms. The minimum atomic E-state index is 0.735. The van der Waals surface area contributed by atoms with Gasteiger partial charge in [-0.3, -0.25) is 0 Å². The second kappa shape index (κ2) is 4.23. The van der Waals surface area contributed by atoms with Crippen LogP contribution >= 0.6 is 11.6 Å². The Balaban J connectivity index is 2.31. The monoisotopic (exact) mass is 246 g/mol. The van der Waals surface area contributed by atoms with E-state index in [2.05, 4.69) is 18.2 Å². The number of hydrogen-bond donors (Lipinski definition) is 0. The molecule has 0 aromatic heterocycles. The highest BCUT2D eigenvalue weighted by Crippen LogP contribution is 2.37. The summed E-state index contributed by atoms with van der Waals surface area (Å²) in [4.78, 5) is 0. The van der Waals surface area contributed by atoms with Gasteiger partial charge in [0.05, 0.1) is 12.1 Å². The van der Waals surface area contributed by atoms with E-state index in [1.807, 2.05) is 6.07 Å². The number of hydrogen-bond acceptors (Lipinski definition) is 1. The lowest BCUT2D eigenvalue weighted by Crippen LogP contribution is -2.03. The maximum atomic E-state index is 6.36. The topological polar surface area (TPSA) is 9.23 Å². The Kier molecular flexibility index (Phi) is 2.71. The van der Waals surface area contributed by atoms with Crippen molar-refractivity contribution in [1.82, 2.24) is 0 Å². The van der Waals surface area contributed by atoms with E-state index in [0.717, 1.165) is 16.2 Å². The summed E-state index contributed by atoms with van der Waals surface area (Å²) in [5, 5.41) is 3.15. The fourth-order valence-electron chi connectivity index (χ4n) is 2.76. The van der Waals surface area contributed by atoms with Crippen molar-refractivity contribution in [2.75, 3.05) is 7.11 Å². The highest BCUT2D eigenvalue weighted by Gasteiger charge is 2.14. The largest absolute Gasteiger partial charge is 0.495 e. The van der Waals surface area contributed by atoms with Crippen molar-refractivity contribution in [3.63, 3.8) is 0 Å². The molecule has 2 aromatic rings. The predicted molar refractivity (Wildman–Crippen MR) is 72.2 cm³/mol. The number of benzene rings is 2. The number of halogens is 1. The first-order valence-electron chi connectivity index (χ1n) is 6.08. The Bertz CT molecular complexity index is 575. The van der Waals surface area contributed by atoms with Gasteiger partial charge in [-0.1, -0.05) is 29.8 Å². The molecule has 2 aromatic carbocycles. The summed E-state index contributed by atoms with van der Waals surface area (Å²) in [6.07, 6.45) is 4.97. The zero-order valence-corrected chi connectivity index (χ0v) is 10.7. The van der Waals surface area contributed by atoms with Gasteiger partial charge in [0.25, 0.3) is 0 Å². The molecule has 0 atom stereocenters. The molecule has 0 fully saturated rings. The first-order chi connectivity index (χ1) is 8.31. The molecule has 0 saturated heterocycles. The predicted octanol–water partition coefficient (Wildman–Crippen LogP) is 4.38. The molecule has 0 aliphatic heterocycles. The van der Waals surface area contributed by atoms with Gasteiger partial charge in [0, 0.05) is 5.39 Å². The highest BCUT2D eigenvalue weighted by molar-refractivity contribution is 6.37. The number of fused-ring (bicyclic) bond motifs is 3. The van der Waals surface area contributed by atoms with Crippen LogP contribution in [-0.2, 0) is 12.8 Å². The average Bonchev–Trinajstić information content (AvgIpc) is 2.39. The Morgan fingerprint density at radius 3 is 2.59 bits per heavy atom. The maximum absolute atomic E-state index is 6.36. The Morgan fingerprint density at radius 2 is 1.76 bits per heavy atom. The van der Waals surface area contributed by atoms with Gasteiger partial charge in [0.2, 0.25) is 0 Å². The lowest BCUT2D eigenvalue weighted by molar-refractivity contribution is 0.415. The Labute approximate surface area is 106 Å². The molecule has 17 heavy (non-hydrogen) atoms. The minimum Gasteiger partial charge on any atom is -0.495 e. The molecule has 3 rings (SSSR count). The normalized spacial score (nSPS) is 14.7. The van der Waals surface area contributed by atoms with E-state index in [1.165, 1.54) is 42.2 Å². The molecule has 0 heterocycles. The highest BCUT2D eigenvalue weighted by atomic mass is 35.5. The van der Waals surface area contributed by atoms with Gasteiger partial charge in [0.1, 0.15) is 5.75 Å². The Morgan fingerprint density at radius 1 is 1.00 bits per heavy atom. The molecule has 0 radical (unpaired) electrons. The zero-order chi connectivity index (χ0) is 11.8. The first-order valence-corrected chi connectivity index (χ1v) is 6.46.